The normalized spacial score (nSPS) is 11.7. The Morgan fingerprint density at radius 2 is 1.35 bits per heavy atom. The van der Waals surface area contributed by atoms with Crippen LogP contribution < -0.4 is 4.72 Å². The molecule has 4 heteroatoms. The summed E-state index contributed by atoms with van der Waals surface area (Å²) in [4.78, 5) is 0.429. The lowest BCUT2D eigenvalue weighted by molar-refractivity contribution is 0.555. The zero-order valence-corrected chi connectivity index (χ0v) is 15.6. The van der Waals surface area contributed by atoms with Crippen molar-refractivity contribution in [3.63, 3.8) is 0 Å². The van der Waals surface area contributed by atoms with Crippen molar-refractivity contribution >= 4 is 10.0 Å². The van der Waals surface area contributed by atoms with Gasteiger partial charge in [-0.15, -0.1) is 0 Å². The average Bonchev–Trinajstić information content (AvgIpc) is 2.57. The van der Waals surface area contributed by atoms with Crippen LogP contribution in [0, 0.1) is 0 Å². The Kier molecular flexibility index (Phi) is 10.2. The van der Waals surface area contributed by atoms with E-state index < -0.39 is 10.0 Å². The van der Waals surface area contributed by atoms with E-state index in [9.17, 15) is 8.42 Å². The minimum Gasteiger partial charge on any atom is -0.214 e. The van der Waals surface area contributed by atoms with Crippen LogP contribution in [-0.4, -0.2) is 15.5 Å². The molecule has 0 spiro atoms. The van der Waals surface area contributed by atoms with Crippen molar-refractivity contribution in [3.8, 4) is 0 Å². The number of hydrogen-bond acceptors (Lipinski definition) is 2. The first-order valence-electron chi connectivity index (χ1n) is 9.13. The second kappa shape index (κ2) is 11.6. The minimum absolute atomic E-state index is 0.429. The van der Waals surface area contributed by atoms with Crippen LogP contribution in [0.3, 0.4) is 0 Å². The molecule has 0 heterocycles. The molecule has 23 heavy (non-hydrogen) atoms. The summed E-state index contributed by atoms with van der Waals surface area (Å²) in [6.45, 7) is 2.25. The van der Waals surface area contributed by atoms with Crippen LogP contribution >= 0.6 is 0 Å². The second-order valence-electron chi connectivity index (χ2n) is 6.25. The van der Waals surface area contributed by atoms with Crippen molar-refractivity contribution in [3.05, 3.63) is 29.8 Å². The Balaban J connectivity index is 2.22. The van der Waals surface area contributed by atoms with E-state index in [1.807, 2.05) is 12.1 Å². The lowest BCUT2D eigenvalue weighted by Crippen LogP contribution is -2.20. The van der Waals surface area contributed by atoms with Crippen molar-refractivity contribution in [1.82, 2.24) is 4.72 Å². The van der Waals surface area contributed by atoms with Gasteiger partial charge in [-0.05, 0) is 31.5 Å². The van der Waals surface area contributed by atoms with E-state index in [2.05, 4.69) is 11.6 Å². The molecule has 0 aliphatic carbocycles. The lowest BCUT2D eigenvalue weighted by Gasteiger charge is -2.09. The summed E-state index contributed by atoms with van der Waals surface area (Å²) in [5.41, 5.74) is 0.932. The number of aryl methyl sites for hydroxylation is 1. The van der Waals surface area contributed by atoms with Gasteiger partial charge in [-0.2, -0.15) is 0 Å². The quantitative estimate of drug-likeness (QED) is 0.511. The van der Waals surface area contributed by atoms with Gasteiger partial charge in [-0.3, -0.25) is 0 Å². The van der Waals surface area contributed by atoms with Crippen molar-refractivity contribution in [2.75, 3.05) is 7.05 Å². The van der Waals surface area contributed by atoms with Crippen molar-refractivity contribution in [1.29, 1.82) is 0 Å². The third kappa shape index (κ3) is 7.98. The Hall–Kier alpha value is -0.870. The fourth-order valence-electron chi connectivity index (χ4n) is 2.89. The summed E-state index contributed by atoms with van der Waals surface area (Å²) in [6.07, 6.45) is 13.8. The van der Waals surface area contributed by atoms with E-state index in [4.69, 9.17) is 0 Å². The van der Waals surface area contributed by atoms with Gasteiger partial charge in [0.1, 0.15) is 0 Å². The van der Waals surface area contributed by atoms with E-state index in [0.717, 1.165) is 18.4 Å². The molecule has 3 nitrogen and oxygen atoms in total. The Labute approximate surface area is 142 Å². The molecule has 0 saturated carbocycles. The van der Waals surface area contributed by atoms with Gasteiger partial charge in [-0.1, -0.05) is 82.9 Å². The maximum absolute atomic E-state index is 12.0. The summed E-state index contributed by atoms with van der Waals surface area (Å²) < 4.78 is 26.4. The van der Waals surface area contributed by atoms with Gasteiger partial charge < -0.3 is 0 Å². The number of benzene rings is 1. The maximum atomic E-state index is 12.0. The third-order valence-electron chi connectivity index (χ3n) is 4.33. The van der Waals surface area contributed by atoms with E-state index >= 15 is 0 Å². The molecule has 0 aromatic heterocycles. The van der Waals surface area contributed by atoms with E-state index in [1.54, 1.807) is 12.1 Å². The molecule has 1 rings (SSSR count). The van der Waals surface area contributed by atoms with Gasteiger partial charge in [0.15, 0.2) is 0 Å². The highest BCUT2D eigenvalue weighted by Gasteiger charge is 2.15. The van der Waals surface area contributed by atoms with Crippen LogP contribution in [-0.2, 0) is 16.4 Å². The van der Waals surface area contributed by atoms with Gasteiger partial charge in [-0.25, -0.2) is 13.1 Å². The first-order valence-corrected chi connectivity index (χ1v) is 10.6. The molecule has 132 valence electrons. The highest BCUT2D eigenvalue weighted by Crippen LogP contribution is 2.18. The minimum atomic E-state index is -3.34. The number of sulfonamides is 1. The molecule has 0 fully saturated rings. The molecular formula is C19H33NO2S. The van der Waals surface area contributed by atoms with Crippen LogP contribution in [0.1, 0.15) is 76.7 Å². The highest BCUT2D eigenvalue weighted by atomic mass is 32.2. The molecular weight excluding hydrogens is 306 g/mol. The van der Waals surface area contributed by atoms with Gasteiger partial charge >= 0.3 is 0 Å². The lowest BCUT2D eigenvalue weighted by atomic mass is 10.0. The molecule has 1 aromatic rings. The van der Waals surface area contributed by atoms with Crippen LogP contribution in [0.15, 0.2) is 29.2 Å². The molecule has 1 N–H and O–H groups in total. The molecule has 0 unspecified atom stereocenters. The van der Waals surface area contributed by atoms with Crippen molar-refractivity contribution < 1.29 is 8.42 Å². The largest absolute Gasteiger partial charge is 0.240 e. The van der Waals surface area contributed by atoms with Gasteiger partial charge in [0.25, 0.3) is 0 Å². The molecule has 0 atom stereocenters. The summed E-state index contributed by atoms with van der Waals surface area (Å²) in [6, 6.07) is 7.32. The first-order chi connectivity index (χ1) is 11.1. The molecule has 0 aliphatic heterocycles. The van der Waals surface area contributed by atoms with Gasteiger partial charge in [0.05, 0.1) is 4.90 Å². The topological polar surface area (TPSA) is 46.2 Å². The Morgan fingerprint density at radius 1 is 0.826 bits per heavy atom. The second-order valence-corrected chi connectivity index (χ2v) is 8.10. The van der Waals surface area contributed by atoms with E-state index in [0.29, 0.717) is 4.90 Å². The summed E-state index contributed by atoms with van der Waals surface area (Å²) >= 11 is 0. The SMILES string of the molecule is CCCCCCCCCCCCc1ccccc1S(=O)(=O)NC. The monoisotopic (exact) mass is 339 g/mol. The number of nitrogens with one attached hydrogen (secondary N) is 1. The summed E-state index contributed by atoms with van der Waals surface area (Å²) in [5, 5.41) is 0. The highest BCUT2D eigenvalue weighted by molar-refractivity contribution is 7.89. The summed E-state index contributed by atoms with van der Waals surface area (Å²) in [5.74, 6) is 0. The molecule has 0 aliphatic rings. The van der Waals surface area contributed by atoms with Crippen LogP contribution in [0.2, 0.25) is 0 Å². The van der Waals surface area contributed by atoms with E-state index in [-0.39, 0.29) is 0 Å². The number of unbranched alkanes of at least 4 members (excludes halogenated alkanes) is 9. The van der Waals surface area contributed by atoms with Crippen molar-refractivity contribution in [2.45, 2.75) is 82.4 Å². The van der Waals surface area contributed by atoms with Crippen LogP contribution in [0.5, 0.6) is 0 Å². The molecule has 0 saturated heterocycles. The van der Waals surface area contributed by atoms with Gasteiger partial charge in [0, 0.05) is 0 Å². The zero-order chi connectivity index (χ0) is 17.0. The first kappa shape index (κ1) is 20.2. The molecule has 1 aromatic carbocycles. The molecule has 0 amide bonds. The average molecular weight is 340 g/mol. The standard InChI is InChI=1S/C19H33NO2S/c1-3-4-5-6-7-8-9-10-11-12-15-18-16-13-14-17-19(18)23(21,22)20-2/h13-14,16-17,20H,3-12,15H2,1-2H3. The van der Waals surface area contributed by atoms with Crippen LogP contribution in [0.25, 0.3) is 0 Å². The zero-order valence-electron chi connectivity index (χ0n) is 14.8. The predicted molar refractivity (Wildman–Crippen MR) is 98.2 cm³/mol. The van der Waals surface area contributed by atoms with Gasteiger partial charge in [0.2, 0.25) is 10.0 Å². The smallest absolute Gasteiger partial charge is 0.214 e. The Morgan fingerprint density at radius 3 is 1.91 bits per heavy atom. The number of hydrogen-bond donors (Lipinski definition) is 1. The number of rotatable bonds is 13. The predicted octanol–water partition coefficient (Wildman–Crippen LogP) is 5.06. The van der Waals surface area contributed by atoms with Crippen molar-refractivity contribution in [2.24, 2.45) is 0 Å². The molecule has 0 radical (unpaired) electrons. The third-order valence-corrected chi connectivity index (χ3v) is 5.85. The fraction of sp³-hybridized carbons (Fsp3) is 0.684. The maximum Gasteiger partial charge on any atom is 0.240 e. The molecule has 0 bridgehead atoms. The van der Waals surface area contributed by atoms with E-state index in [1.165, 1.54) is 64.8 Å². The fourth-order valence-corrected chi connectivity index (χ4v) is 3.88. The summed E-state index contributed by atoms with van der Waals surface area (Å²) in [7, 11) is -1.88. The van der Waals surface area contributed by atoms with Crippen LogP contribution in [0.4, 0.5) is 0 Å². The Bertz CT molecular complexity index is 526.